The van der Waals surface area contributed by atoms with Crippen molar-refractivity contribution in [2.24, 2.45) is 0 Å². The highest BCUT2D eigenvalue weighted by molar-refractivity contribution is 5.36. The van der Waals surface area contributed by atoms with Crippen LogP contribution >= 0.6 is 0 Å². The Hall–Kier alpha value is -1.13. The summed E-state index contributed by atoms with van der Waals surface area (Å²) in [5.74, 6) is 0.221. The molecule has 0 saturated heterocycles. The molecule has 0 aliphatic heterocycles. The predicted octanol–water partition coefficient (Wildman–Crippen LogP) is 3.46. The summed E-state index contributed by atoms with van der Waals surface area (Å²) in [5.41, 5.74) is 0.562. The molecule has 0 aromatic heterocycles. The smallest absolute Gasteiger partial charge is 0.125 e. The lowest BCUT2D eigenvalue weighted by Gasteiger charge is -2.21. The summed E-state index contributed by atoms with van der Waals surface area (Å²) in [7, 11) is 0. The van der Waals surface area contributed by atoms with Gasteiger partial charge in [0, 0.05) is 5.56 Å². The largest absolute Gasteiger partial charge is 0.493 e. The molecule has 3 nitrogen and oxygen atoms in total. The maximum Gasteiger partial charge on any atom is 0.125 e. The third kappa shape index (κ3) is 5.17. The molecule has 1 rings (SSSR count). The maximum absolute atomic E-state index is 13.4. The van der Waals surface area contributed by atoms with Crippen LogP contribution in [0, 0.1) is 5.82 Å². The van der Waals surface area contributed by atoms with Crippen LogP contribution in [0.5, 0.6) is 5.75 Å². The van der Waals surface area contributed by atoms with Crippen LogP contribution < -0.4 is 4.74 Å². The van der Waals surface area contributed by atoms with Crippen LogP contribution in [0.4, 0.5) is 4.39 Å². The number of ether oxygens (including phenoxy) is 2. The summed E-state index contributed by atoms with van der Waals surface area (Å²) >= 11 is 0. The number of rotatable bonds is 8. The average molecular weight is 270 g/mol. The van der Waals surface area contributed by atoms with Crippen molar-refractivity contribution in [3.8, 4) is 5.75 Å². The SMILES string of the molecule is CCCCOc1ccc(F)cc1[C@H](CO)OC(C)C. The van der Waals surface area contributed by atoms with Crippen molar-refractivity contribution in [1.82, 2.24) is 0 Å². The van der Waals surface area contributed by atoms with E-state index in [1.54, 1.807) is 6.07 Å². The van der Waals surface area contributed by atoms with E-state index in [0.29, 0.717) is 17.9 Å². The van der Waals surface area contributed by atoms with E-state index in [2.05, 4.69) is 6.92 Å². The number of hydrogen-bond donors (Lipinski definition) is 1. The first-order valence-corrected chi connectivity index (χ1v) is 6.77. The van der Waals surface area contributed by atoms with Crippen molar-refractivity contribution in [1.29, 1.82) is 0 Å². The Kier molecular flexibility index (Phi) is 6.81. The van der Waals surface area contributed by atoms with E-state index < -0.39 is 6.10 Å². The average Bonchev–Trinajstić information content (AvgIpc) is 2.37. The molecule has 0 spiro atoms. The van der Waals surface area contributed by atoms with Gasteiger partial charge in [0.2, 0.25) is 0 Å². The van der Waals surface area contributed by atoms with Crippen LogP contribution in [0.1, 0.15) is 45.3 Å². The molecule has 0 amide bonds. The van der Waals surface area contributed by atoms with Gasteiger partial charge < -0.3 is 14.6 Å². The highest BCUT2D eigenvalue weighted by atomic mass is 19.1. The van der Waals surface area contributed by atoms with Crippen LogP contribution in [0.3, 0.4) is 0 Å². The molecule has 19 heavy (non-hydrogen) atoms. The van der Waals surface area contributed by atoms with Crippen LogP contribution in [0.2, 0.25) is 0 Å². The minimum atomic E-state index is -0.563. The lowest BCUT2D eigenvalue weighted by Crippen LogP contribution is -2.15. The van der Waals surface area contributed by atoms with Crippen molar-refractivity contribution >= 4 is 0 Å². The van der Waals surface area contributed by atoms with Crippen LogP contribution in [-0.2, 0) is 4.74 Å². The van der Waals surface area contributed by atoms with E-state index in [4.69, 9.17) is 9.47 Å². The fourth-order valence-electron chi connectivity index (χ4n) is 1.77. The molecular formula is C15H23FO3. The number of halogens is 1. The Labute approximate surface area is 114 Å². The minimum absolute atomic E-state index is 0.0519. The predicted molar refractivity (Wildman–Crippen MR) is 72.9 cm³/mol. The fraction of sp³-hybridized carbons (Fsp3) is 0.600. The second-order valence-electron chi connectivity index (χ2n) is 4.74. The Morgan fingerprint density at radius 3 is 2.63 bits per heavy atom. The van der Waals surface area contributed by atoms with Crippen LogP contribution in [0.15, 0.2) is 18.2 Å². The Bertz CT molecular complexity index is 380. The third-order valence-electron chi connectivity index (χ3n) is 2.68. The standard InChI is InChI=1S/C15H23FO3/c1-4-5-8-18-14-7-6-12(16)9-13(14)15(10-17)19-11(2)3/h6-7,9,11,15,17H,4-5,8,10H2,1-3H3/t15-/m0/s1. The zero-order valence-electron chi connectivity index (χ0n) is 11.9. The summed E-state index contributed by atoms with van der Waals surface area (Å²) in [6.07, 6.45) is 1.35. The molecule has 0 saturated carbocycles. The lowest BCUT2D eigenvalue weighted by atomic mass is 10.1. The molecule has 0 aliphatic rings. The molecule has 1 aromatic rings. The van der Waals surface area contributed by atoms with Gasteiger partial charge in [0.1, 0.15) is 17.7 Å². The number of unbranched alkanes of at least 4 members (excludes halogenated alkanes) is 1. The van der Waals surface area contributed by atoms with Crippen molar-refractivity contribution in [2.75, 3.05) is 13.2 Å². The van der Waals surface area contributed by atoms with Gasteiger partial charge in [-0.1, -0.05) is 13.3 Å². The summed E-state index contributed by atoms with van der Waals surface area (Å²) in [6.45, 7) is 6.20. The monoisotopic (exact) mass is 270 g/mol. The quantitative estimate of drug-likeness (QED) is 0.735. The minimum Gasteiger partial charge on any atom is -0.493 e. The van der Waals surface area contributed by atoms with Crippen molar-refractivity contribution in [2.45, 2.75) is 45.8 Å². The highest BCUT2D eigenvalue weighted by Gasteiger charge is 2.18. The molecule has 0 radical (unpaired) electrons. The van der Waals surface area contributed by atoms with Gasteiger partial charge in [0.05, 0.1) is 19.3 Å². The molecule has 1 aromatic carbocycles. The molecule has 0 bridgehead atoms. The number of hydrogen-bond acceptors (Lipinski definition) is 3. The molecule has 0 heterocycles. The van der Waals surface area contributed by atoms with Gasteiger partial charge in [-0.2, -0.15) is 0 Å². The first-order chi connectivity index (χ1) is 9.08. The fourth-order valence-corrected chi connectivity index (χ4v) is 1.77. The van der Waals surface area contributed by atoms with E-state index in [9.17, 15) is 9.50 Å². The summed E-state index contributed by atoms with van der Waals surface area (Å²) < 4.78 is 24.6. The molecular weight excluding hydrogens is 247 g/mol. The summed E-state index contributed by atoms with van der Waals surface area (Å²) in [6, 6.07) is 4.31. The Morgan fingerprint density at radius 1 is 1.32 bits per heavy atom. The topological polar surface area (TPSA) is 38.7 Å². The molecule has 108 valence electrons. The zero-order chi connectivity index (χ0) is 14.3. The van der Waals surface area contributed by atoms with Gasteiger partial charge in [-0.05, 0) is 38.5 Å². The summed E-state index contributed by atoms with van der Waals surface area (Å²) in [4.78, 5) is 0. The second kappa shape index (κ2) is 8.12. The highest BCUT2D eigenvalue weighted by Crippen LogP contribution is 2.29. The zero-order valence-corrected chi connectivity index (χ0v) is 11.9. The normalized spacial score (nSPS) is 12.7. The van der Waals surface area contributed by atoms with Gasteiger partial charge in [0.15, 0.2) is 0 Å². The van der Waals surface area contributed by atoms with Gasteiger partial charge in [-0.3, -0.25) is 0 Å². The molecule has 0 aliphatic carbocycles. The van der Waals surface area contributed by atoms with E-state index in [1.807, 2.05) is 13.8 Å². The van der Waals surface area contributed by atoms with Gasteiger partial charge >= 0.3 is 0 Å². The molecule has 1 atom stereocenters. The first kappa shape index (κ1) is 15.9. The third-order valence-corrected chi connectivity index (χ3v) is 2.68. The van der Waals surface area contributed by atoms with E-state index in [1.165, 1.54) is 12.1 Å². The van der Waals surface area contributed by atoms with E-state index in [0.717, 1.165) is 12.8 Å². The molecule has 0 unspecified atom stereocenters. The Balaban J connectivity index is 2.90. The molecule has 0 fully saturated rings. The van der Waals surface area contributed by atoms with Gasteiger partial charge in [-0.25, -0.2) is 4.39 Å². The van der Waals surface area contributed by atoms with Crippen molar-refractivity contribution in [3.63, 3.8) is 0 Å². The van der Waals surface area contributed by atoms with Crippen LogP contribution in [0.25, 0.3) is 0 Å². The van der Waals surface area contributed by atoms with Gasteiger partial charge in [0.25, 0.3) is 0 Å². The first-order valence-electron chi connectivity index (χ1n) is 6.77. The van der Waals surface area contributed by atoms with E-state index in [-0.39, 0.29) is 18.5 Å². The van der Waals surface area contributed by atoms with Crippen molar-refractivity contribution in [3.05, 3.63) is 29.6 Å². The van der Waals surface area contributed by atoms with Crippen LogP contribution in [-0.4, -0.2) is 24.4 Å². The van der Waals surface area contributed by atoms with Gasteiger partial charge in [-0.15, -0.1) is 0 Å². The second-order valence-corrected chi connectivity index (χ2v) is 4.74. The molecule has 4 heteroatoms. The lowest BCUT2D eigenvalue weighted by molar-refractivity contribution is -0.0262. The maximum atomic E-state index is 13.4. The number of benzene rings is 1. The summed E-state index contributed by atoms with van der Waals surface area (Å²) in [5, 5.41) is 9.41. The van der Waals surface area contributed by atoms with Crippen molar-refractivity contribution < 1.29 is 19.0 Å². The molecule has 1 N–H and O–H groups in total. The Morgan fingerprint density at radius 2 is 2.05 bits per heavy atom. The number of aliphatic hydroxyl groups excluding tert-OH is 1. The van der Waals surface area contributed by atoms with E-state index >= 15 is 0 Å². The number of aliphatic hydroxyl groups is 1.